The van der Waals surface area contributed by atoms with Crippen molar-refractivity contribution in [3.63, 3.8) is 0 Å². The molecule has 1 amide bonds. The molecule has 7 heteroatoms. The summed E-state index contributed by atoms with van der Waals surface area (Å²) in [7, 11) is 0. The summed E-state index contributed by atoms with van der Waals surface area (Å²) in [5, 5.41) is 12.3. The summed E-state index contributed by atoms with van der Waals surface area (Å²) in [5.74, 6) is -0.181. The molecule has 1 aliphatic heterocycles. The van der Waals surface area contributed by atoms with E-state index in [0.29, 0.717) is 24.3 Å². The van der Waals surface area contributed by atoms with E-state index in [-0.39, 0.29) is 0 Å². The molecule has 6 nitrogen and oxygen atoms in total. The molecule has 2 heterocycles. The van der Waals surface area contributed by atoms with E-state index in [0.717, 1.165) is 41.0 Å². The van der Waals surface area contributed by atoms with Gasteiger partial charge in [0.25, 0.3) is 5.91 Å². The van der Waals surface area contributed by atoms with Gasteiger partial charge in [0.1, 0.15) is 22.8 Å². The Bertz CT molecular complexity index is 985. The fourth-order valence-corrected chi connectivity index (χ4v) is 4.91. The predicted molar refractivity (Wildman–Crippen MR) is 109 cm³/mol. The van der Waals surface area contributed by atoms with Crippen LogP contribution < -0.4 is 10.1 Å². The number of esters is 1. The molecular weight excluding hydrogens is 388 g/mol. The molecule has 0 bridgehead atoms. The molecule has 1 fully saturated rings. The van der Waals surface area contributed by atoms with Crippen LogP contribution in [0.2, 0.25) is 0 Å². The Morgan fingerprint density at radius 1 is 1.28 bits per heavy atom. The molecule has 2 aliphatic rings. The topological polar surface area (TPSA) is 88.4 Å². The monoisotopic (exact) mass is 410 g/mol. The molecule has 1 saturated carbocycles. The minimum absolute atomic E-state index is 0.400. The van der Waals surface area contributed by atoms with E-state index in [2.05, 4.69) is 11.4 Å². The summed E-state index contributed by atoms with van der Waals surface area (Å²) >= 11 is 1.34. The molecule has 2 aromatic rings. The van der Waals surface area contributed by atoms with Crippen LogP contribution in [0.5, 0.6) is 5.75 Å². The summed E-state index contributed by atoms with van der Waals surface area (Å²) in [4.78, 5) is 26.6. The lowest BCUT2D eigenvalue weighted by molar-refractivity contribution is -0.130. The van der Waals surface area contributed by atoms with Crippen LogP contribution in [0.25, 0.3) is 10.4 Å². The molecule has 1 aromatic carbocycles. The number of fused-ring (bicyclic) bond motifs is 3. The molecule has 0 saturated heterocycles. The van der Waals surface area contributed by atoms with Gasteiger partial charge in [-0.3, -0.25) is 4.79 Å². The fraction of sp³-hybridized carbons (Fsp3) is 0.409. The van der Waals surface area contributed by atoms with Gasteiger partial charge in [0.15, 0.2) is 6.10 Å². The lowest BCUT2D eigenvalue weighted by Crippen LogP contribution is -2.52. The number of nitrogens with one attached hydrogen (secondary N) is 1. The molecule has 29 heavy (non-hydrogen) atoms. The van der Waals surface area contributed by atoms with Crippen LogP contribution in [-0.4, -0.2) is 23.5 Å². The van der Waals surface area contributed by atoms with Gasteiger partial charge in [0.05, 0.1) is 6.07 Å². The summed E-state index contributed by atoms with van der Waals surface area (Å²) in [6.07, 6.45) is 3.18. The van der Waals surface area contributed by atoms with Crippen molar-refractivity contribution in [3.05, 3.63) is 40.8 Å². The van der Waals surface area contributed by atoms with Gasteiger partial charge in [-0.05, 0) is 38.0 Å². The quantitative estimate of drug-likeness (QED) is 0.764. The molecule has 150 valence electrons. The van der Waals surface area contributed by atoms with Gasteiger partial charge < -0.3 is 14.8 Å². The van der Waals surface area contributed by atoms with Crippen molar-refractivity contribution in [1.82, 2.24) is 5.32 Å². The van der Waals surface area contributed by atoms with Crippen LogP contribution in [0.3, 0.4) is 0 Å². The van der Waals surface area contributed by atoms with Crippen molar-refractivity contribution in [2.45, 2.75) is 57.3 Å². The number of ether oxygens (including phenoxy) is 2. The van der Waals surface area contributed by atoms with E-state index in [4.69, 9.17) is 9.47 Å². The van der Waals surface area contributed by atoms with Gasteiger partial charge in [-0.15, -0.1) is 11.3 Å². The minimum Gasteiger partial charge on any atom is -0.488 e. The van der Waals surface area contributed by atoms with E-state index in [1.54, 1.807) is 6.07 Å². The molecule has 1 N–H and O–H groups in total. The molecule has 0 spiro atoms. The number of nitriles is 1. The molecule has 1 aromatic heterocycles. The summed E-state index contributed by atoms with van der Waals surface area (Å²) in [5.41, 5.74) is 1.04. The van der Waals surface area contributed by atoms with E-state index in [1.165, 1.54) is 18.3 Å². The predicted octanol–water partition coefficient (Wildman–Crippen LogP) is 4.20. The Hall–Kier alpha value is -2.85. The van der Waals surface area contributed by atoms with Gasteiger partial charge in [0, 0.05) is 16.0 Å². The maximum Gasteiger partial charge on any atom is 0.349 e. The Morgan fingerprint density at radius 3 is 2.79 bits per heavy atom. The average molecular weight is 410 g/mol. The zero-order valence-corrected chi connectivity index (χ0v) is 17.0. The standard InChI is InChI=1S/C22H22N2O4S/c1-14(20(25)24-22(13-23)9-5-2-6-10-22)28-21(26)18-11-15-12-27-17-8-4-3-7-16(17)19(15)29-18/h3-4,7-8,11,14H,2,5-6,9-10,12H2,1H3,(H,24,25)/t14-/m1/s1. The van der Waals surface area contributed by atoms with Crippen LogP contribution >= 0.6 is 11.3 Å². The highest BCUT2D eigenvalue weighted by Crippen LogP contribution is 2.42. The van der Waals surface area contributed by atoms with E-state index in [1.807, 2.05) is 24.3 Å². The number of carbonyl (C=O) groups excluding carboxylic acids is 2. The Labute approximate surface area is 173 Å². The Morgan fingerprint density at radius 2 is 2.03 bits per heavy atom. The van der Waals surface area contributed by atoms with Gasteiger partial charge >= 0.3 is 5.97 Å². The highest BCUT2D eigenvalue weighted by atomic mass is 32.1. The first kappa shape index (κ1) is 19.5. The maximum atomic E-state index is 12.6. The van der Waals surface area contributed by atoms with Gasteiger partial charge in [-0.25, -0.2) is 4.79 Å². The summed E-state index contributed by atoms with van der Waals surface area (Å²) in [6, 6.07) is 11.7. The van der Waals surface area contributed by atoms with Crippen molar-refractivity contribution in [2.75, 3.05) is 0 Å². The third-order valence-electron chi connectivity index (χ3n) is 5.46. The van der Waals surface area contributed by atoms with Crippen LogP contribution in [0.4, 0.5) is 0 Å². The third kappa shape index (κ3) is 3.85. The smallest absolute Gasteiger partial charge is 0.349 e. The number of benzene rings is 1. The first-order valence-electron chi connectivity index (χ1n) is 9.80. The van der Waals surface area contributed by atoms with Crippen molar-refractivity contribution in [1.29, 1.82) is 5.26 Å². The lowest BCUT2D eigenvalue weighted by Gasteiger charge is -2.32. The maximum absolute atomic E-state index is 12.6. The molecule has 1 atom stereocenters. The molecule has 0 unspecified atom stereocenters. The second-order valence-corrected chi connectivity index (χ2v) is 8.59. The van der Waals surface area contributed by atoms with E-state index >= 15 is 0 Å². The second kappa shape index (κ2) is 7.88. The summed E-state index contributed by atoms with van der Waals surface area (Å²) < 4.78 is 11.1. The van der Waals surface area contributed by atoms with Crippen LogP contribution in [-0.2, 0) is 16.1 Å². The Balaban J connectivity index is 1.44. The second-order valence-electron chi connectivity index (χ2n) is 7.54. The zero-order chi connectivity index (χ0) is 20.4. The van der Waals surface area contributed by atoms with Crippen LogP contribution in [0.1, 0.15) is 54.3 Å². The van der Waals surface area contributed by atoms with Gasteiger partial charge in [0.2, 0.25) is 0 Å². The number of amides is 1. The van der Waals surface area contributed by atoms with Crippen molar-refractivity contribution in [3.8, 4) is 22.3 Å². The number of para-hydroxylation sites is 1. The number of hydrogen-bond acceptors (Lipinski definition) is 6. The van der Waals surface area contributed by atoms with Crippen molar-refractivity contribution in [2.24, 2.45) is 0 Å². The molecule has 1 aliphatic carbocycles. The number of rotatable bonds is 4. The van der Waals surface area contributed by atoms with Crippen molar-refractivity contribution < 1.29 is 19.1 Å². The molecule has 0 radical (unpaired) electrons. The highest BCUT2D eigenvalue weighted by Gasteiger charge is 2.35. The number of hydrogen-bond donors (Lipinski definition) is 1. The minimum atomic E-state index is -0.975. The molecule has 4 rings (SSSR count). The first-order valence-corrected chi connectivity index (χ1v) is 10.6. The molecular formula is C22H22N2O4S. The van der Waals surface area contributed by atoms with Crippen LogP contribution in [0, 0.1) is 11.3 Å². The zero-order valence-electron chi connectivity index (χ0n) is 16.2. The summed E-state index contributed by atoms with van der Waals surface area (Å²) in [6.45, 7) is 1.93. The van der Waals surface area contributed by atoms with Gasteiger partial charge in [-0.1, -0.05) is 31.4 Å². The fourth-order valence-electron chi connectivity index (χ4n) is 3.83. The number of nitrogens with zero attached hydrogens (tertiary/aromatic N) is 1. The van der Waals surface area contributed by atoms with Gasteiger partial charge in [-0.2, -0.15) is 5.26 Å². The van der Waals surface area contributed by atoms with E-state index in [9.17, 15) is 14.9 Å². The Kier molecular flexibility index (Phi) is 5.29. The largest absolute Gasteiger partial charge is 0.488 e. The normalized spacial score (nSPS) is 17.7. The van der Waals surface area contributed by atoms with Crippen molar-refractivity contribution >= 4 is 23.2 Å². The third-order valence-corrected chi connectivity index (χ3v) is 6.65. The lowest BCUT2D eigenvalue weighted by atomic mass is 9.83. The SMILES string of the molecule is C[C@@H](OC(=O)c1cc2c(s1)-c1ccccc1OC2)C(=O)NC1(C#N)CCCCC1. The van der Waals surface area contributed by atoms with Crippen LogP contribution in [0.15, 0.2) is 30.3 Å². The highest BCUT2D eigenvalue weighted by molar-refractivity contribution is 7.17. The number of carbonyl (C=O) groups is 2. The number of thiophene rings is 1. The first-order chi connectivity index (χ1) is 14.0. The average Bonchev–Trinajstić information content (AvgIpc) is 3.19. The van der Waals surface area contributed by atoms with E-state index < -0.39 is 23.5 Å².